The minimum atomic E-state index is 0.493. The van der Waals surface area contributed by atoms with Crippen molar-refractivity contribution in [2.45, 2.75) is 6.54 Å². The molecule has 2 heterocycles. The van der Waals surface area contributed by atoms with Crippen LogP contribution in [0.3, 0.4) is 0 Å². The molecule has 68 valence electrons. The minimum Gasteiger partial charge on any atom is -0.260 e. The van der Waals surface area contributed by atoms with Gasteiger partial charge in [-0.05, 0) is 18.2 Å². The summed E-state index contributed by atoms with van der Waals surface area (Å²) in [7, 11) is 0. The van der Waals surface area contributed by atoms with Gasteiger partial charge in [0.1, 0.15) is 12.2 Å². The van der Waals surface area contributed by atoms with Crippen molar-refractivity contribution in [3.05, 3.63) is 36.7 Å². The standard InChI is InChI=1S/C11H9N3/c1-2-8-14-9-6-11(13-14)10-5-3-4-7-12-10/h1,3-7,9H,8H2. The molecular formula is C11H9N3. The van der Waals surface area contributed by atoms with Gasteiger partial charge in [0.25, 0.3) is 0 Å². The first-order valence-electron chi connectivity index (χ1n) is 4.28. The Bertz CT molecular complexity index is 451. The largest absolute Gasteiger partial charge is 0.260 e. The van der Waals surface area contributed by atoms with Gasteiger partial charge in [0.05, 0.1) is 5.69 Å². The molecule has 0 aliphatic heterocycles. The first-order chi connectivity index (χ1) is 6.90. The molecule has 0 atom stereocenters. The van der Waals surface area contributed by atoms with E-state index in [1.807, 2.05) is 30.5 Å². The van der Waals surface area contributed by atoms with E-state index in [0.29, 0.717) is 6.54 Å². The molecule has 0 unspecified atom stereocenters. The molecule has 2 aromatic heterocycles. The van der Waals surface area contributed by atoms with Crippen molar-refractivity contribution in [2.75, 3.05) is 0 Å². The third kappa shape index (κ3) is 1.64. The van der Waals surface area contributed by atoms with Crippen LogP contribution < -0.4 is 0 Å². The third-order valence-electron chi connectivity index (χ3n) is 1.82. The molecule has 0 aliphatic carbocycles. The molecule has 0 radical (unpaired) electrons. The zero-order valence-electron chi connectivity index (χ0n) is 7.59. The molecule has 0 spiro atoms. The van der Waals surface area contributed by atoms with Crippen LogP contribution in [0.25, 0.3) is 11.4 Å². The lowest BCUT2D eigenvalue weighted by molar-refractivity contribution is 0.718. The van der Waals surface area contributed by atoms with Gasteiger partial charge in [-0.25, -0.2) is 0 Å². The summed E-state index contributed by atoms with van der Waals surface area (Å²) in [5.41, 5.74) is 1.71. The van der Waals surface area contributed by atoms with Gasteiger partial charge in [-0.15, -0.1) is 6.42 Å². The summed E-state index contributed by atoms with van der Waals surface area (Å²) in [4.78, 5) is 4.19. The molecule has 3 heteroatoms. The Hall–Kier alpha value is -2.08. The summed E-state index contributed by atoms with van der Waals surface area (Å²) in [6.07, 6.45) is 8.78. The third-order valence-corrected chi connectivity index (χ3v) is 1.82. The maximum atomic E-state index is 5.18. The molecule has 0 bridgehead atoms. The number of aromatic nitrogens is 3. The summed E-state index contributed by atoms with van der Waals surface area (Å²) in [5.74, 6) is 2.53. The Morgan fingerprint density at radius 1 is 1.29 bits per heavy atom. The number of terminal acetylenes is 1. The number of hydrogen-bond donors (Lipinski definition) is 0. The summed E-state index contributed by atoms with van der Waals surface area (Å²) < 4.78 is 1.71. The second kappa shape index (κ2) is 3.75. The smallest absolute Gasteiger partial charge is 0.111 e. The predicted octanol–water partition coefficient (Wildman–Crippen LogP) is 1.58. The number of hydrogen-bond acceptors (Lipinski definition) is 2. The maximum absolute atomic E-state index is 5.18. The second-order valence-electron chi connectivity index (χ2n) is 2.82. The fraction of sp³-hybridized carbons (Fsp3) is 0.0909. The fourth-order valence-electron chi connectivity index (χ4n) is 1.19. The maximum Gasteiger partial charge on any atom is 0.111 e. The van der Waals surface area contributed by atoms with Gasteiger partial charge < -0.3 is 0 Å². The molecule has 0 aromatic carbocycles. The molecule has 0 amide bonds. The van der Waals surface area contributed by atoms with E-state index >= 15 is 0 Å². The molecule has 2 aromatic rings. The average Bonchev–Trinajstić information content (AvgIpc) is 2.68. The first-order valence-corrected chi connectivity index (χ1v) is 4.28. The Morgan fingerprint density at radius 2 is 2.21 bits per heavy atom. The van der Waals surface area contributed by atoms with Crippen LogP contribution in [0, 0.1) is 12.3 Å². The van der Waals surface area contributed by atoms with Crippen LogP contribution in [0.1, 0.15) is 0 Å². The number of nitrogens with zero attached hydrogens (tertiary/aromatic N) is 3. The topological polar surface area (TPSA) is 30.7 Å². The van der Waals surface area contributed by atoms with E-state index in [1.165, 1.54) is 0 Å². The van der Waals surface area contributed by atoms with E-state index in [2.05, 4.69) is 16.0 Å². The Labute approximate surface area is 82.4 Å². The lowest BCUT2D eigenvalue weighted by Gasteiger charge is -1.94. The van der Waals surface area contributed by atoms with Crippen molar-refractivity contribution in [3.63, 3.8) is 0 Å². The predicted molar refractivity (Wildman–Crippen MR) is 54.3 cm³/mol. The zero-order chi connectivity index (χ0) is 9.80. The minimum absolute atomic E-state index is 0.493. The summed E-state index contributed by atoms with van der Waals surface area (Å²) >= 11 is 0. The molecule has 0 saturated carbocycles. The van der Waals surface area contributed by atoms with Crippen LogP contribution >= 0.6 is 0 Å². The molecule has 2 rings (SSSR count). The van der Waals surface area contributed by atoms with Crippen LogP contribution in [-0.4, -0.2) is 14.8 Å². The SMILES string of the molecule is C#CCn1ccc(-c2ccccn2)n1. The van der Waals surface area contributed by atoms with Gasteiger partial charge in [0, 0.05) is 12.4 Å². The van der Waals surface area contributed by atoms with Crippen LogP contribution in [-0.2, 0) is 6.54 Å². The Kier molecular flexibility index (Phi) is 2.28. The summed E-state index contributed by atoms with van der Waals surface area (Å²) in [6, 6.07) is 7.63. The quantitative estimate of drug-likeness (QED) is 0.662. The lowest BCUT2D eigenvalue weighted by Crippen LogP contribution is -1.95. The molecule has 0 N–H and O–H groups in total. The number of pyridine rings is 1. The molecule has 0 fully saturated rings. The van der Waals surface area contributed by atoms with Crippen LogP contribution in [0.5, 0.6) is 0 Å². The van der Waals surface area contributed by atoms with E-state index in [-0.39, 0.29) is 0 Å². The van der Waals surface area contributed by atoms with Crippen molar-refractivity contribution >= 4 is 0 Å². The number of rotatable bonds is 2. The van der Waals surface area contributed by atoms with Crippen LogP contribution in [0.2, 0.25) is 0 Å². The van der Waals surface area contributed by atoms with E-state index in [0.717, 1.165) is 11.4 Å². The van der Waals surface area contributed by atoms with Crippen molar-refractivity contribution in [1.82, 2.24) is 14.8 Å². The average molecular weight is 183 g/mol. The monoisotopic (exact) mass is 183 g/mol. The van der Waals surface area contributed by atoms with Gasteiger partial charge in [-0.1, -0.05) is 12.0 Å². The van der Waals surface area contributed by atoms with Gasteiger partial charge in [-0.3, -0.25) is 9.67 Å². The van der Waals surface area contributed by atoms with E-state index < -0.39 is 0 Å². The summed E-state index contributed by atoms with van der Waals surface area (Å²) in [6.45, 7) is 0.493. The van der Waals surface area contributed by atoms with Crippen molar-refractivity contribution in [3.8, 4) is 23.7 Å². The van der Waals surface area contributed by atoms with Crippen LogP contribution in [0.15, 0.2) is 36.7 Å². The fourth-order valence-corrected chi connectivity index (χ4v) is 1.19. The van der Waals surface area contributed by atoms with Crippen molar-refractivity contribution in [2.24, 2.45) is 0 Å². The first kappa shape index (κ1) is 8.52. The Balaban J connectivity index is 2.31. The van der Waals surface area contributed by atoms with Gasteiger partial charge >= 0.3 is 0 Å². The molecule has 0 saturated heterocycles. The van der Waals surface area contributed by atoms with E-state index in [9.17, 15) is 0 Å². The van der Waals surface area contributed by atoms with Gasteiger partial charge in [0.2, 0.25) is 0 Å². The highest BCUT2D eigenvalue weighted by molar-refractivity contribution is 5.52. The summed E-state index contributed by atoms with van der Waals surface area (Å²) in [5, 5.41) is 4.28. The Morgan fingerprint density at radius 3 is 2.93 bits per heavy atom. The van der Waals surface area contributed by atoms with E-state index in [4.69, 9.17) is 6.42 Å². The van der Waals surface area contributed by atoms with Crippen molar-refractivity contribution < 1.29 is 0 Å². The van der Waals surface area contributed by atoms with Gasteiger partial charge in [0.15, 0.2) is 0 Å². The highest BCUT2D eigenvalue weighted by atomic mass is 15.3. The molecule has 14 heavy (non-hydrogen) atoms. The molecule has 3 nitrogen and oxygen atoms in total. The van der Waals surface area contributed by atoms with Crippen LogP contribution in [0.4, 0.5) is 0 Å². The molecular weight excluding hydrogens is 174 g/mol. The normalized spacial score (nSPS) is 9.64. The van der Waals surface area contributed by atoms with Gasteiger partial charge in [-0.2, -0.15) is 5.10 Å². The zero-order valence-corrected chi connectivity index (χ0v) is 7.59. The highest BCUT2D eigenvalue weighted by Gasteiger charge is 2.01. The van der Waals surface area contributed by atoms with Crippen molar-refractivity contribution in [1.29, 1.82) is 0 Å². The lowest BCUT2D eigenvalue weighted by atomic mass is 10.3. The second-order valence-corrected chi connectivity index (χ2v) is 2.82. The highest BCUT2D eigenvalue weighted by Crippen LogP contribution is 2.12. The van der Waals surface area contributed by atoms with E-state index in [1.54, 1.807) is 10.9 Å². The molecule has 0 aliphatic rings.